The van der Waals surface area contributed by atoms with Crippen molar-refractivity contribution in [2.24, 2.45) is 0 Å². The summed E-state index contributed by atoms with van der Waals surface area (Å²) >= 11 is 0. The highest BCUT2D eigenvalue weighted by atomic mass is 14.9. The maximum absolute atomic E-state index is 3.53. The van der Waals surface area contributed by atoms with Crippen LogP contribution in [-0.2, 0) is 12.8 Å². The SMILES string of the molecule is CCc1cccc2cc(CCC3CNc4ccccc43)ccc12. The fraction of sp³-hybridized carbons (Fsp3) is 0.273. The van der Waals surface area contributed by atoms with Crippen molar-refractivity contribution in [3.05, 3.63) is 77.4 Å². The molecule has 1 atom stereocenters. The fourth-order valence-electron chi connectivity index (χ4n) is 3.82. The third-order valence-corrected chi connectivity index (χ3v) is 5.14. The van der Waals surface area contributed by atoms with E-state index in [1.54, 1.807) is 0 Å². The van der Waals surface area contributed by atoms with Gasteiger partial charge in [-0.25, -0.2) is 0 Å². The van der Waals surface area contributed by atoms with Gasteiger partial charge in [0.05, 0.1) is 0 Å². The van der Waals surface area contributed by atoms with E-state index in [0.29, 0.717) is 5.92 Å². The van der Waals surface area contributed by atoms with Gasteiger partial charge in [-0.2, -0.15) is 0 Å². The molecule has 1 nitrogen and oxygen atoms in total. The molecule has 1 aliphatic rings. The first kappa shape index (κ1) is 14.3. The predicted octanol–water partition coefficient (Wildman–Crippen LogP) is 5.54. The maximum Gasteiger partial charge on any atom is 0.0376 e. The molecule has 0 bridgehead atoms. The lowest BCUT2D eigenvalue weighted by molar-refractivity contribution is 0.676. The molecule has 1 unspecified atom stereocenters. The van der Waals surface area contributed by atoms with E-state index >= 15 is 0 Å². The van der Waals surface area contributed by atoms with E-state index in [-0.39, 0.29) is 0 Å². The van der Waals surface area contributed by atoms with E-state index < -0.39 is 0 Å². The number of rotatable bonds is 4. The standard InChI is InChI=1S/C22H23N/c1-2-17-6-5-7-18-14-16(11-13-20(17)18)10-12-19-15-23-22-9-4-3-8-21(19)22/h3-9,11,13-14,19,23H,2,10,12,15H2,1H3. The Bertz CT molecular complexity index is 834. The lowest BCUT2D eigenvalue weighted by atomic mass is 9.93. The summed E-state index contributed by atoms with van der Waals surface area (Å²) in [5.41, 5.74) is 5.71. The van der Waals surface area contributed by atoms with Crippen molar-refractivity contribution in [1.29, 1.82) is 0 Å². The van der Waals surface area contributed by atoms with Crippen LogP contribution in [0.25, 0.3) is 10.8 Å². The van der Waals surface area contributed by atoms with E-state index in [1.165, 1.54) is 39.6 Å². The van der Waals surface area contributed by atoms with Gasteiger partial charge < -0.3 is 5.32 Å². The lowest BCUT2D eigenvalue weighted by Gasteiger charge is -2.11. The third kappa shape index (κ3) is 2.72. The van der Waals surface area contributed by atoms with Crippen molar-refractivity contribution in [3.8, 4) is 0 Å². The molecule has 0 aliphatic carbocycles. The molecule has 116 valence electrons. The van der Waals surface area contributed by atoms with Crippen molar-refractivity contribution < 1.29 is 0 Å². The van der Waals surface area contributed by atoms with Crippen LogP contribution in [0.2, 0.25) is 0 Å². The molecule has 0 fully saturated rings. The number of hydrogen-bond donors (Lipinski definition) is 1. The minimum absolute atomic E-state index is 0.642. The van der Waals surface area contributed by atoms with Gasteiger partial charge in [0.2, 0.25) is 0 Å². The van der Waals surface area contributed by atoms with Crippen LogP contribution >= 0.6 is 0 Å². The lowest BCUT2D eigenvalue weighted by Crippen LogP contribution is -2.03. The van der Waals surface area contributed by atoms with Crippen LogP contribution in [0.15, 0.2) is 60.7 Å². The summed E-state index contributed by atoms with van der Waals surface area (Å²) in [6.07, 6.45) is 3.46. The average Bonchev–Trinajstić information content (AvgIpc) is 3.02. The smallest absolute Gasteiger partial charge is 0.0376 e. The highest BCUT2D eigenvalue weighted by Gasteiger charge is 2.20. The summed E-state index contributed by atoms with van der Waals surface area (Å²) in [5, 5.41) is 6.32. The van der Waals surface area contributed by atoms with Gasteiger partial charge in [-0.3, -0.25) is 0 Å². The van der Waals surface area contributed by atoms with Gasteiger partial charge in [0, 0.05) is 18.2 Å². The summed E-state index contributed by atoms with van der Waals surface area (Å²) < 4.78 is 0. The summed E-state index contributed by atoms with van der Waals surface area (Å²) in [6, 6.07) is 22.4. The van der Waals surface area contributed by atoms with Crippen molar-refractivity contribution in [3.63, 3.8) is 0 Å². The third-order valence-electron chi connectivity index (χ3n) is 5.14. The second-order valence-electron chi connectivity index (χ2n) is 6.53. The predicted molar refractivity (Wildman–Crippen MR) is 99.3 cm³/mol. The molecular formula is C22H23N. The molecule has 1 heterocycles. The number of para-hydroxylation sites is 1. The van der Waals surface area contributed by atoms with Crippen LogP contribution in [-0.4, -0.2) is 6.54 Å². The Balaban J connectivity index is 1.53. The monoisotopic (exact) mass is 301 g/mol. The zero-order valence-corrected chi connectivity index (χ0v) is 13.7. The molecule has 0 saturated heterocycles. The van der Waals surface area contributed by atoms with E-state index in [0.717, 1.165) is 19.4 Å². The van der Waals surface area contributed by atoms with Gasteiger partial charge >= 0.3 is 0 Å². The molecule has 0 amide bonds. The quantitative estimate of drug-likeness (QED) is 0.666. The number of hydrogen-bond acceptors (Lipinski definition) is 1. The molecule has 3 aromatic carbocycles. The van der Waals surface area contributed by atoms with Crippen LogP contribution in [0, 0.1) is 0 Å². The molecular weight excluding hydrogens is 278 g/mol. The van der Waals surface area contributed by atoms with Gasteiger partial charge in [0.1, 0.15) is 0 Å². The molecule has 3 aromatic rings. The Morgan fingerprint density at radius 1 is 1.00 bits per heavy atom. The van der Waals surface area contributed by atoms with Crippen LogP contribution in [0.1, 0.15) is 36.0 Å². The Morgan fingerprint density at radius 2 is 1.91 bits per heavy atom. The normalized spacial score (nSPS) is 16.3. The van der Waals surface area contributed by atoms with Gasteiger partial charge in [0.25, 0.3) is 0 Å². The first-order valence-electron chi connectivity index (χ1n) is 8.68. The molecule has 23 heavy (non-hydrogen) atoms. The zero-order chi connectivity index (χ0) is 15.6. The molecule has 0 spiro atoms. The molecule has 0 radical (unpaired) electrons. The second kappa shape index (κ2) is 6.08. The highest BCUT2D eigenvalue weighted by Crippen LogP contribution is 2.34. The average molecular weight is 301 g/mol. The van der Waals surface area contributed by atoms with Gasteiger partial charge in [-0.05, 0) is 52.8 Å². The summed E-state index contributed by atoms with van der Waals surface area (Å²) in [4.78, 5) is 0. The molecule has 1 N–H and O–H groups in total. The van der Waals surface area contributed by atoms with Gasteiger partial charge in [0.15, 0.2) is 0 Å². The molecule has 1 heteroatoms. The molecule has 4 rings (SSSR count). The van der Waals surface area contributed by atoms with Crippen molar-refractivity contribution in [2.75, 3.05) is 11.9 Å². The number of nitrogens with one attached hydrogen (secondary N) is 1. The van der Waals surface area contributed by atoms with Crippen molar-refractivity contribution in [1.82, 2.24) is 0 Å². The van der Waals surface area contributed by atoms with Crippen LogP contribution < -0.4 is 5.32 Å². The van der Waals surface area contributed by atoms with Gasteiger partial charge in [-0.15, -0.1) is 0 Å². The second-order valence-corrected chi connectivity index (χ2v) is 6.53. The maximum atomic E-state index is 3.53. The van der Waals surface area contributed by atoms with Crippen molar-refractivity contribution in [2.45, 2.75) is 32.1 Å². The van der Waals surface area contributed by atoms with Crippen LogP contribution in [0.5, 0.6) is 0 Å². The molecule has 1 aliphatic heterocycles. The Morgan fingerprint density at radius 3 is 2.83 bits per heavy atom. The van der Waals surface area contributed by atoms with E-state index in [4.69, 9.17) is 0 Å². The highest BCUT2D eigenvalue weighted by molar-refractivity contribution is 5.86. The Kier molecular flexibility index (Phi) is 3.78. The van der Waals surface area contributed by atoms with E-state index in [2.05, 4.69) is 72.9 Å². The van der Waals surface area contributed by atoms with E-state index in [1.807, 2.05) is 0 Å². The Hall–Kier alpha value is -2.28. The van der Waals surface area contributed by atoms with Crippen LogP contribution in [0.3, 0.4) is 0 Å². The fourth-order valence-corrected chi connectivity index (χ4v) is 3.82. The number of anilines is 1. The van der Waals surface area contributed by atoms with Gasteiger partial charge in [-0.1, -0.05) is 61.5 Å². The first-order valence-corrected chi connectivity index (χ1v) is 8.68. The van der Waals surface area contributed by atoms with Crippen molar-refractivity contribution >= 4 is 16.5 Å². The first-order chi connectivity index (χ1) is 11.3. The summed E-state index contributed by atoms with van der Waals surface area (Å²) in [5.74, 6) is 0.642. The molecule has 0 aromatic heterocycles. The van der Waals surface area contributed by atoms with E-state index in [9.17, 15) is 0 Å². The number of benzene rings is 3. The Labute approximate surface area is 138 Å². The number of fused-ring (bicyclic) bond motifs is 2. The largest absolute Gasteiger partial charge is 0.384 e. The topological polar surface area (TPSA) is 12.0 Å². The minimum Gasteiger partial charge on any atom is -0.384 e. The summed E-state index contributed by atoms with van der Waals surface area (Å²) in [6.45, 7) is 3.31. The molecule has 0 saturated carbocycles. The summed E-state index contributed by atoms with van der Waals surface area (Å²) in [7, 11) is 0. The van der Waals surface area contributed by atoms with Crippen LogP contribution in [0.4, 0.5) is 5.69 Å². The zero-order valence-electron chi connectivity index (χ0n) is 13.7. The minimum atomic E-state index is 0.642. The number of aryl methyl sites for hydroxylation is 2.